The lowest BCUT2D eigenvalue weighted by atomic mass is 10.1. The maximum atomic E-state index is 11.9. The molecule has 138 valence electrons. The number of phenols is 1. The Morgan fingerprint density at radius 2 is 2.00 bits per heavy atom. The van der Waals surface area contributed by atoms with Crippen molar-refractivity contribution in [2.45, 2.75) is 6.54 Å². The number of benzene rings is 2. The summed E-state index contributed by atoms with van der Waals surface area (Å²) in [6.07, 6.45) is 3.79. The number of nitrogens with zero attached hydrogens (tertiary/aromatic N) is 4. The summed E-state index contributed by atoms with van der Waals surface area (Å²) in [5.41, 5.74) is 1.66. The van der Waals surface area contributed by atoms with E-state index in [1.165, 1.54) is 15.7 Å². The van der Waals surface area contributed by atoms with Crippen LogP contribution in [0.5, 0.6) is 5.75 Å². The molecular formula is C20H13IN4O3. The largest absolute Gasteiger partial charge is 0.508 e. The van der Waals surface area contributed by atoms with Crippen LogP contribution in [0.2, 0.25) is 0 Å². The average Bonchev–Trinajstić information content (AvgIpc) is 3.27. The van der Waals surface area contributed by atoms with Crippen LogP contribution in [0, 0.1) is 3.57 Å². The average molecular weight is 484 g/mol. The van der Waals surface area contributed by atoms with Gasteiger partial charge in [0, 0.05) is 32.7 Å². The lowest BCUT2D eigenvalue weighted by Crippen LogP contribution is -2.06. The zero-order valence-corrected chi connectivity index (χ0v) is 16.6. The molecule has 0 aliphatic carbocycles. The second-order valence-corrected chi connectivity index (χ2v) is 7.68. The summed E-state index contributed by atoms with van der Waals surface area (Å²) in [4.78, 5) is 11.9. The first-order chi connectivity index (χ1) is 13.6. The molecule has 0 saturated heterocycles. The van der Waals surface area contributed by atoms with E-state index in [4.69, 9.17) is 4.42 Å². The molecule has 2 aromatic carbocycles. The maximum Gasteiger partial charge on any atom is 0.336 e. The Labute approximate surface area is 172 Å². The molecule has 3 heterocycles. The van der Waals surface area contributed by atoms with Crippen LogP contribution in [0.1, 0.15) is 5.56 Å². The van der Waals surface area contributed by atoms with Gasteiger partial charge in [-0.2, -0.15) is 0 Å². The molecule has 7 nitrogen and oxygen atoms in total. The Kier molecular flexibility index (Phi) is 3.93. The normalized spacial score (nSPS) is 11.5. The summed E-state index contributed by atoms with van der Waals surface area (Å²) in [7, 11) is 0. The van der Waals surface area contributed by atoms with Crippen molar-refractivity contribution in [2.24, 2.45) is 0 Å². The van der Waals surface area contributed by atoms with Crippen molar-refractivity contribution < 1.29 is 9.52 Å². The van der Waals surface area contributed by atoms with E-state index in [9.17, 15) is 9.90 Å². The van der Waals surface area contributed by atoms with E-state index in [0.717, 1.165) is 21.9 Å². The van der Waals surface area contributed by atoms with E-state index >= 15 is 0 Å². The SMILES string of the molecule is O=c1cc(Cn2cc(-n3ccc4cc(I)ccc43)nn2)c2ccc(O)cc2o1. The predicted octanol–water partition coefficient (Wildman–Crippen LogP) is 3.69. The summed E-state index contributed by atoms with van der Waals surface area (Å²) in [6, 6.07) is 14.4. The van der Waals surface area contributed by atoms with Gasteiger partial charge in [-0.1, -0.05) is 5.21 Å². The molecule has 0 unspecified atom stereocenters. The van der Waals surface area contributed by atoms with Gasteiger partial charge in [0.15, 0.2) is 5.82 Å². The Morgan fingerprint density at radius 1 is 1.11 bits per heavy atom. The van der Waals surface area contributed by atoms with Crippen LogP contribution >= 0.6 is 22.6 Å². The number of aromatic hydroxyl groups is 1. The van der Waals surface area contributed by atoms with E-state index in [1.54, 1.807) is 16.8 Å². The highest BCUT2D eigenvalue weighted by molar-refractivity contribution is 14.1. The van der Waals surface area contributed by atoms with Gasteiger partial charge in [-0.15, -0.1) is 5.10 Å². The Balaban J connectivity index is 1.54. The zero-order valence-electron chi connectivity index (χ0n) is 14.4. The highest BCUT2D eigenvalue weighted by atomic mass is 127. The zero-order chi connectivity index (χ0) is 19.3. The van der Waals surface area contributed by atoms with E-state index in [-0.39, 0.29) is 5.75 Å². The first-order valence-electron chi connectivity index (χ1n) is 8.50. The predicted molar refractivity (Wildman–Crippen MR) is 113 cm³/mol. The van der Waals surface area contributed by atoms with Crippen molar-refractivity contribution in [3.8, 4) is 11.6 Å². The number of phenolic OH excluding ortho intramolecular Hbond substituents is 1. The smallest absolute Gasteiger partial charge is 0.336 e. The van der Waals surface area contributed by atoms with E-state index in [1.807, 2.05) is 23.0 Å². The Hall–Kier alpha value is -3.14. The van der Waals surface area contributed by atoms with E-state index < -0.39 is 5.63 Å². The summed E-state index contributed by atoms with van der Waals surface area (Å²) >= 11 is 2.29. The fourth-order valence-corrected chi connectivity index (χ4v) is 3.83. The van der Waals surface area contributed by atoms with Crippen LogP contribution in [0.3, 0.4) is 0 Å². The molecule has 28 heavy (non-hydrogen) atoms. The minimum atomic E-state index is -0.473. The number of hydrogen-bond acceptors (Lipinski definition) is 5. The molecule has 0 amide bonds. The first kappa shape index (κ1) is 17.0. The second kappa shape index (κ2) is 6.48. The molecule has 1 N–H and O–H groups in total. The fourth-order valence-electron chi connectivity index (χ4n) is 3.31. The first-order valence-corrected chi connectivity index (χ1v) is 9.57. The van der Waals surface area contributed by atoms with Crippen LogP contribution in [0.25, 0.3) is 27.7 Å². The highest BCUT2D eigenvalue weighted by Crippen LogP contribution is 2.24. The number of hydrogen-bond donors (Lipinski definition) is 1. The minimum Gasteiger partial charge on any atom is -0.508 e. The van der Waals surface area contributed by atoms with Crippen molar-refractivity contribution >= 4 is 44.5 Å². The molecule has 0 fully saturated rings. The highest BCUT2D eigenvalue weighted by Gasteiger charge is 2.11. The molecular weight excluding hydrogens is 471 g/mol. The third-order valence-electron chi connectivity index (χ3n) is 4.57. The van der Waals surface area contributed by atoms with Gasteiger partial charge in [0.1, 0.15) is 11.3 Å². The molecule has 5 rings (SSSR count). The van der Waals surface area contributed by atoms with E-state index in [0.29, 0.717) is 17.9 Å². The van der Waals surface area contributed by atoms with Crippen LogP contribution in [-0.2, 0) is 6.54 Å². The molecule has 3 aromatic heterocycles. The molecule has 0 radical (unpaired) electrons. The van der Waals surface area contributed by atoms with Gasteiger partial charge in [0.25, 0.3) is 0 Å². The number of fused-ring (bicyclic) bond motifs is 2. The monoisotopic (exact) mass is 484 g/mol. The van der Waals surface area contributed by atoms with Gasteiger partial charge in [-0.3, -0.25) is 4.57 Å². The van der Waals surface area contributed by atoms with Gasteiger partial charge in [-0.05, 0) is 64.6 Å². The molecule has 0 aliphatic rings. The van der Waals surface area contributed by atoms with Crippen molar-refractivity contribution in [1.29, 1.82) is 0 Å². The summed E-state index contributed by atoms with van der Waals surface area (Å²) in [5.74, 6) is 0.742. The van der Waals surface area contributed by atoms with Gasteiger partial charge in [0.05, 0.1) is 18.3 Å². The van der Waals surface area contributed by atoms with Gasteiger partial charge in [0.2, 0.25) is 0 Å². The van der Waals surface area contributed by atoms with Crippen molar-refractivity contribution in [1.82, 2.24) is 19.6 Å². The van der Waals surface area contributed by atoms with Gasteiger partial charge in [-0.25, -0.2) is 9.48 Å². The summed E-state index contributed by atoms with van der Waals surface area (Å²) in [5, 5.41) is 20.0. The summed E-state index contributed by atoms with van der Waals surface area (Å²) < 4.78 is 10.0. The molecule has 0 bridgehead atoms. The van der Waals surface area contributed by atoms with Crippen molar-refractivity contribution in [3.05, 3.63) is 80.5 Å². The number of aromatic nitrogens is 4. The van der Waals surface area contributed by atoms with Crippen molar-refractivity contribution in [2.75, 3.05) is 0 Å². The van der Waals surface area contributed by atoms with E-state index in [2.05, 4.69) is 51.1 Å². The number of halogens is 1. The second-order valence-electron chi connectivity index (χ2n) is 6.43. The van der Waals surface area contributed by atoms with Crippen LogP contribution in [-0.4, -0.2) is 24.7 Å². The maximum absolute atomic E-state index is 11.9. The Bertz CT molecular complexity index is 1400. The van der Waals surface area contributed by atoms with Gasteiger partial charge < -0.3 is 9.52 Å². The molecule has 0 spiro atoms. The van der Waals surface area contributed by atoms with Crippen LogP contribution in [0.15, 0.2) is 70.1 Å². The van der Waals surface area contributed by atoms with Crippen molar-refractivity contribution in [3.63, 3.8) is 0 Å². The Morgan fingerprint density at radius 3 is 2.89 bits per heavy atom. The van der Waals surface area contributed by atoms with Gasteiger partial charge >= 0.3 is 5.63 Å². The molecule has 8 heteroatoms. The quantitative estimate of drug-likeness (QED) is 0.312. The standard InChI is InChI=1S/C20H13IN4O3/c21-14-1-4-17-12(7-14)5-6-25(17)19-11-24(23-22-19)10-13-8-20(27)28-18-9-15(26)2-3-16(13)18/h1-9,11,26H,10H2. The third-order valence-corrected chi connectivity index (χ3v) is 5.24. The van der Waals surface area contributed by atoms with Crippen LogP contribution < -0.4 is 5.63 Å². The topological polar surface area (TPSA) is 86.1 Å². The minimum absolute atomic E-state index is 0.0463. The molecule has 0 atom stereocenters. The lowest BCUT2D eigenvalue weighted by molar-refractivity contribution is 0.473. The number of rotatable bonds is 3. The molecule has 5 aromatic rings. The van der Waals surface area contributed by atoms with Crippen LogP contribution in [0.4, 0.5) is 0 Å². The molecule has 0 aliphatic heterocycles. The fraction of sp³-hybridized carbons (Fsp3) is 0.0500. The lowest BCUT2D eigenvalue weighted by Gasteiger charge is -2.05. The third kappa shape index (κ3) is 2.95. The summed E-state index contributed by atoms with van der Waals surface area (Å²) in [6.45, 7) is 0.358. The molecule has 0 saturated carbocycles.